The number of hydrogen-bond acceptors (Lipinski definition) is 5. The Morgan fingerprint density at radius 2 is 1.79 bits per heavy atom. The number of aromatic nitrogens is 4. The molecule has 10 heteroatoms. The minimum atomic E-state index is -0.633. The minimum absolute atomic E-state index is 0.0103. The van der Waals surface area contributed by atoms with Crippen molar-refractivity contribution in [1.82, 2.24) is 29.4 Å². The van der Waals surface area contributed by atoms with E-state index in [1.165, 1.54) is 12.1 Å². The van der Waals surface area contributed by atoms with Crippen molar-refractivity contribution in [2.75, 3.05) is 19.6 Å². The number of nitrogens with zero attached hydrogens (tertiary/aromatic N) is 6. The van der Waals surface area contributed by atoms with Gasteiger partial charge in [-0.05, 0) is 55.7 Å². The first-order valence-corrected chi connectivity index (χ1v) is 13.1. The van der Waals surface area contributed by atoms with Gasteiger partial charge in [-0.2, -0.15) is 5.10 Å². The fourth-order valence-corrected chi connectivity index (χ4v) is 5.10. The Labute approximate surface area is 231 Å². The summed E-state index contributed by atoms with van der Waals surface area (Å²) >= 11 is 6.03. The van der Waals surface area contributed by atoms with E-state index in [9.17, 15) is 14.0 Å². The average Bonchev–Trinajstić information content (AvgIpc) is 3.32. The standard InChI is InChI=1S/C29H30ClFN6O2/c1-28(2,3)19-15-23(18-9-10-21(31)20(30)14-18)34-37-16-24(33-25(19)37)27(39)36-13-12-35(17-29(36,4)5)26(38)22-8-6-7-11-32-22/h6-11,14-16H,12-13,17H2,1-5H3. The fourth-order valence-electron chi connectivity index (χ4n) is 4.92. The Balaban J connectivity index is 1.47. The molecule has 1 aromatic carbocycles. The Morgan fingerprint density at radius 1 is 1.03 bits per heavy atom. The molecule has 4 heterocycles. The van der Waals surface area contributed by atoms with Crippen LogP contribution in [0.3, 0.4) is 0 Å². The van der Waals surface area contributed by atoms with E-state index in [-0.39, 0.29) is 27.9 Å². The molecule has 202 valence electrons. The molecule has 0 radical (unpaired) electrons. The predicted octanol–water partition coefficient (Wildman–Crippen LogP) is 5.26. The maximum Gasteiger partial charge on any atom is 0.274 e. The maximum absolute atomic E-state index is 13.8. The number of pyridine rings is 1. The zero-order valence-electron chi connectivity index (χ0n) is 22.6. The number of amides is 2. The van der Waals surface area contributed by atoms with E-state index in [1.54, 1.807) is 51.0 Å². The minimum Gasteiger partial charge on any atom is -0.333 e. The normalized spacial score (nSPS) is 15.6. The van der Waals surface area contributed by atoms with E-state index in [2.05, 4.69) is 30.9 Å². The number of imidazole rings is 1. The number of hydrogen-bond donors (Lipinski definition) is 0. The van der Waals surface area contributed by atoms with E-state index in [1.807, 2.05) is 19.9 Å². The summed E-state index contributed by atoms with van der Waals surface area (Å²) in [4.78, 5) is 39.1. The van der Waals surface area contributed by atoms with Crippen molar-refractivity contribution in [3.05, 3.63) is 82.6 Å². The molecular weight excluding hydrogens is 519 g/mol. The molecule has 0 bridgehead atoms. The summed E-state index contributed by atoms with van der Waals surface area (Å²) in [6.45, 7) is 11.2. The van der Waals surface area contributed by atoms with Crippen LogP contribution in [0.5, 0.6) is 0 Å². The van der Waals surface area contributed by atoms with Crippen LogP contribution >= 0.6 is 11.6 Å². The molecule has 1 aliphatic heterocycles. The quantitative estimate of drug-likeness (QED) is 0.349. The number of carbonyl (C=O) groups excluding carboxylic acids is 2. The predicted molar refractivity (Wildman–Crippen MR) is 147 cm³/mol. The van der Waals surface area contributed by atoms with Gasteiger partial charge in [0.2, 0.25) is 0 Å². The Morgan fingerprint density at radius 3 is 2.44 bits per heavy atom. The van der Waals surface area contributed by atoms with Crippen molar-refractivity contribution in [2.24, 2.45) is 0 Å². The van der Waals surface area contributed by atoms with Crippen LogP contribution in [0.4, 0.5) is 4.39 Å². The first-order valence-electron chi connectivity index (χ1n) is 12.7. The highest BCUT2D eigenvalue weighted by atomic mass is 35.5. The highest BCUT2D eigenvalue weighted by Crippen LogP contribution is 2.32. The fraction of sp³-hybridized carbons (Fsp3) is 0.345. The monoisotopic (exact) mass is 548 g/mol. The van der Waals surface area contributed by atoms with E-state index in [0.29, 0.717) is 42.2 Å². The first kappa shape index (κ1) is 26.7. The third-order valence-electron chi connectivity index (χ3n) is 6.99. The second kappa shape index (κ2) is 9.72. The largest absolute Gasteiger partial charge is 0.333 e. The van der Waals surface area contributed by atoms with E-state index < -0.39 is 11.4 Å². The van der Waals surface area contributed by atoms with Gasteiger partial charge in [0.15, 0.2) is 5.65 Å². The van der Waals surface area contributed by atoms with Gasteiger partial charge in [0, 0.05) is 37.0 Å². The van der Waals surface area contributed by atoms with Gasteiger partial charge < -0.3 is 9.80 Å². The van der Waals surface area contributed by atoms with Crippen LogP contribution in [0.1, 0.15) is 61.2 Å². The van der Waals surface area contributed by atoms with Gasteiger partial charge in [-0.3, -0.25) is 14.6 Å². The molecular formula is C29H30ClFN6O2. The smallest absolute Gasteiger partial charge is 0.274 e. The van der Waals surface area contributed by atoms with Crippen molar-refractivity contribution in [3.63, 3.8) is 0 Å². The average molecular weight is 549 g/mol. The molecule has 0 saturated carbocycles. The molecule has 0 atom stereocenters. The van der Waals surface area contributed by atoms with Crippen molar-refractivity contribution < 1.29 is 14.0 Å². The summed E-state index contributed by atoms with van der Waals surface area (Å²) < 4.78 is 15.4. The van der Waals surface area contributed by atoms with Crippen LogP contribution in [-0.4, -0.2) is 66.4 Å². The molecule has 1 aliphatic rings. The molecule has 0 unspecified atom stereocenters. The summed E-state index contributed by atoms with van der Waals surface area (Å²) in [7, 11) is 0. The highest BCUT2D eigenvalue weighted by molar-refractivity contribution is 6.31. The number of benzene rings is 1. The summed E-state index contributed by atoms with van der Waals surface area (Å²) in [6, 6.07) is 11.6. The Hall–Kier alpha value is -3.85. The zero-order chi connectivity index (χ0) is 28.1. The second-order valence-electron chi connectivity index (χ2n) is 11.4. The van der Waals surface area contributed by atoms with E-state index in [4.69, 9.17) is 16.6 Å². The van der Waals surface area contributed by atoms with Crippen LogP contribution in [-0.2, 0) is 5.41 Å². The Kier molecular flexibility index (Phi) is 6.66. The second-order valence-corrected chi connectivity index (χ2v) is 11.8. The number of halogens is 2. The number of fused-ring (bicyclic) bond motifs is 1. The van der Waals surface area contributed by atoms with Gasteiger partial charge in [0.25, 0.3) is 11.8 Å². The lowest BCUT2D eigenvalue weighted by atomic mass is 9.87. The topological polar surface area (TPSA) is 83.7 Å². The summed E-state index contributed by atoms with van der Waals surface area (Å²) in [6.07, 6.45) is 3.22. The molecule has 2 amide bonds. The zero-order valence-corrected chi connectivity index (χ0v) is 23.3. The number of rotatable bonds is 3. The lowest BCUT2D eigenvalue weighted by molar-refractivity contribution is 0.0163. The van der Waals surface area contributed by atoms with Crippen molar-refractivity contribution >= 4 is 29.1 Å². The number of piperazine rings is 1. The summed E-state index contributed by atoms with van der Waals surface area (Å²) in [5.74, 6) is -0.893. The Bertz CT molecular complexity index is 1580. The van der Waals surface area contributed by atoms with Crippen LogP contribution in [0.15, 0.2) is 54.9 Å². The maximum atomic E-state index is 13.8. The lowest BCUT2D eigenvalue weighted by Crippen LogP contribution is -2.62. The SMILES string of the molecule is CC(C)(C)c1cc(-c2ccc(F)c(Cl)c2)nn2cc(C(=O)N3CCN(C(=O)c4ccccn4)CC3(C)C)nc12. The molecule has 39 heavy (non-hydrogen) atoms. The molecule has 1 saturated heterocycles. The van der Waals surface area contributed by atoms with Gasteiger partial charge in [-0.1, -0.05) is 38.4 Å². The highest BCUT2D eigenvalue weighted by Gasteiger charge is 2.40. The van der Waals surface area contributed by atoms with Crippen molar-refractivity contribution in [3.8, 4) is 11.3 Å². The molecule has 1 fully saturated rings. The first-order chi connectivity index (χ1) is 18.3. The molecule has 5 rings (SSSR count). The van der Waals surface area contributed by atoms with E-state index in [0.717, 1.165) is 5.56 Å². The summed E-state index contributed by atoms with van der Waals surface area (Å²) in [5.41, 5.74) is 2.41. The number of carbonyl (C=O) groups is 2. The molecule has 0 aliphatic carbocycles. The summed E-state index contributed by atoms with van der Waals surface area (Å²) in [5, 5.41) is 4.70. The third-order valence-corrected chi connectivity index (χ3v) is 7.28. The van der Waals surface area contributed by atoms with Crippen molar-refractivity contribution in [2.45, 2.75) is 45.6 Å². The van der Waals surface area contributed by atoms with Gasteiger partial charge >= 0.3 is 0 Å². The van der Waals surface area contributed by atoms with Gasteiger partial charge in [-0.25, -0.2) is 13.9 Å². The van der Waals surface area contributed by atoms with Crippen molar-refractivity contribution in [1.29, 1.82) is 0 Å². The van der Waals surface area contributed by atoms with Gasteiger partial charge in [0.1, 0.15) is 17.2 Å². The molecule has 3 aromatic heterocycles. The van der Waals surface area contributed by atoms with Crippen LogP contribution < -0.4 is 0 Å². The molecule has 8 nitrogen and oxygen atoms in total. The molecule has 0 spiro atoms. The van der Waals surface area contributed by atoms with Gasteiger partial charge in [0.05, 0.1) is 22.5 Å². The van der Waals surface area contributed by atoms with Crippen LogP contribution in [0.2, 0.25) is 5.02 Å². The van der Waals surface area contributed by atoms with Gasteiger partial charge in [-0.15, -0.1) is 0 Å². The van der Waals surface area contributed by atoms with Crippen LogP contribution in [0, 0.1) is 5.82 Å². The van der Waals surface area contributed by atoms with Crippen LogP contribution in [0.25, 0.3) is 16.9 Å². The molecule has 4 aromatic rings. The lowest BCUT2D eigenvalue weighted by Gasteiger charge is -2.46. The third kappa shape index (κ3) is 5.11. The molecule has 0 N–H and O–H groups in total. The van der Waals surface area contributed by atoms with E-state index >= 15 is 0 Å².